The molecule has 4 heteroatoms. The third-order valence-electron chi connectivity index (χ3n) is 1.66. The van der Waals surface area contributed by atoms with Crippen molar-refractivity contribution >= 4 is 10.8 Å². The third kappa shape index (κ3) is 23.1. The van der Waals surface area contributed by atoms with Crippen molar-refractivity contribution in [2.75, 3.05) is 0 Å². The molecule has 0 heterocycles. The SMILES string of the molecule is CC.CCC.[CH2-]C.[Y].[Y].[Y].[Y].c1ccc2ccccc2c1. The predicted molar refractivity (Wildman–Crippen MR) is 82.3 cm³/mol. The Morgan fingerprint density at radius 2 is 0.762 bits per heavy atom. The van der Waals surface area contributed by atoms with E-state index in [1.807, 2.05) is 13.8 Å². The minimum Gasteiger partial charge on any atom is -0.346 e. The molecule has 0 aliphatic carbocycles. The quantitative estimate of drug-likeness (QED) is 0.327. The maximum absolute atomic E-state index is 3.25. The van der Waals surface area contributed by atoms with E-state index in [1.165, 1.54) is 17.2 Å². The second-order valence-corrected chi connectivity index (χ2v) is 3.05. The van der Waals surface area contributed by atoms with Gasteiger partial charge in [0.05, 0.1) is 0 Å². The zero-order valence-corrected chi connectivity index (χ0v) is 25.7. The van der Waals surface area contributed by atoms with E-state index >= 15 is 0 Å². The van der Waals surface area contributed by atoms with Crippen LogP contribution in [0, 0.1) is 6.92 Å². The smallest absolute Gasteiger partial charge is 0 e. The number of benzene rings is 2. The third-order valence-corrected chi connectivity index (χ3v) is 1.66. The molecular weight excluding hydrogens is 560 g/mol. The van der Waals surface area contributed by atoms with E-state index in [9.17, 15) is 0 Å². The summed E-state index contributed by atoms with van der Waals surface area (Å²) in [4.78, 5) is 0. The van der Waals surface area contributed by atoms with Crippen molar-refractivity contribution in [2.24, 2.45) is 0 Å². The van der Waals surface area contributed by atoms with Gasteiger partial charge in [0.2, 0.25) is 0 Å². The van der Waals surface area contributed by atoms with E-state index in [0.717, 1.165) is 0 Å². The van der Waals surface area contributed by atoms with E-state index in [0.29, 0.717) is 0 Å². The van der Waals surface area contributed by atoms with Gasteiger partial charge in [0.25, 0.3) is 0 Å². The maximum atomic E-state index is 3.25. The molecule has 2 aromatic carbocycles. The molecule has 2 rings (SSSR count). The van der Waals surface area contributed by atoms with Crippen LogP contribution in [-0.4, -0.2) is 0 Å². The molecule has 0 aromatic heterocycles. The minimum absolute atomic E-state index is 0. The van der Waals surface area contributed by atoms with Crippen LogP contribution in [0.3, 0.4) is 0 Å². The normalized spacial score (nSPS) is 6.19. The van der Waals surface area contributed by atoms with Crippen molar-refractivity contribution in [3.63, 3.8) is 0 Å². The van der Waals surface area contributed by atoms with Gasteiger partial charge in [-0.05, 0) is 10.8 Å². The van der Waals surface area contributed by atoms with Gasteiger partial charge in [-0.25, -0.2) is 0 Å². The Bertz CT molecular complexity index is 299. The molecule has 0 nitrogen and oxygen atoms in total. The summed E-state index contributed by atoms with van der Waals surface area (Å²) in [5.41, 5.74) is 0. The first-order chi connectivity index (χ1) is 8.38. The van der Waals surface area contributed by atoms with Crippen LogP contribution in [-0.2, 0) is 131 Å². The van der Waals surface area contributed by atoms with Gasteiger partial charge >= 0.3 is 0 Å². The molecule has 0 bridgehead atoms. The van der Waals surface area contributed by atoms with E-state index in [2.05, 4.69) is 69.3 Å². The van der Waals surface area contributed by atoms with Gasteiger partial charge in [-0.3, -0.25) is 0 Å². The summed E-state index contributed by atoms with van der Waals surface area (Å²) in [5, 5.41) is 2.62. The Kier molecular flexibility index (Phi) is 64.4. The second-order valence-electron chi connectivity index (χ2n) is 3.05. The monoisotopic (exact) mass is 587 g/mol. The van der Waals surface area contributed by atoms with Crippen LogP contribution in [0.4, 0.5) is 0 Å². The van der Waals surface area contributed by atoms with Crippen molar-refractivity contribution in [3.05, 3.63) is 55.5 Å². The number of hydrogen-bond donors (Lipinski definition) is 0. The first-order valence-electron chi connectivity index (χ1n) is 6.53. The molecule has 0 fully saturated rings. The Hall–Kier alpha value is 3.12. The van der Waals surface area contributed by atoms with Crippen LogP contribution < -0.4 is 0 Å². The first-order valence-corrected chi connectivity index (χ1v) is 6.53. The second kappa shape index (κ2) is 34.5. The first kappa shape index (κ1) is 39.3. The van der Waals surface area contributed by atoms with Crippen LogP contribution in [0.5, 0.6) is 0 Å². The number of hydrogen-bond acceptors (Lipinski definition) is 0. The fraction of sp³-hybridized carbons (Fsp3) is 0.353. The molecule has 108 valence electrons. The summed E-state index contributed by atoms with van der Waals surface area (Å²) >= 11 is 0. The van der Waals surface area contributed by atoms with Gasteiger partial charge in [-0.15, -0.1) is 0 Å². The summed E-state index contributed by atoms with van der Waals surface area (Å²) in [6, 6.07) is 16.7. The summed E-state index contributed by atoms with van der Waals surface area (Å²) in [7, 11) is 0. The van der Waals surface area contributed by atoms with Gasteiger partial charge in [-0.1, -0.05) is 82.6 Å². The Balaban J connectivity index is -0.0000000456. The number of fused-ring (bicyclic) bond motifs is 1. The molecule has 0 N–H and O–H groups in total. The minimum atomic E-state index is 0. The zero-order valence-electron chi connectivity index (χ0n) is 14.3. The molecule has 2 aromatic rings. The van der Waals surface area contributed by atoms with Gasteiger partial charge in [-0.2, -0.15) is 6.92 Å². The Labute approximate surface area is 233 Å². The molecule has 0 saturated carbocycles. The van der Waals surface area contributed by atoms with Gasteiger partial charge in [0.15, 0.2) is 0 Å². The van der Waals surface area contributed by atoms with Crippen molar-refractivity contribution in [1.29, 1.82) is 0 Å². The molecule has 0 saturated heterocycles. The standard InChI is InChI=1S/C10H8.C3H8.C2H6.C2H5.4Y/c1-2-6-10-8-4-3-7-9(10)5-1;1-3-2;2*1-2;;;;/h1-8H;3H2,1-2H3;1-2H3;1H2,2H3;;;;/q;;;-1;;;;. The maximum Gasteiger partial charge on any atom is 0 e. The largest absolute Gasteiger partial charge is 0.346 e. The van der Waals surface area contributed by atoms with E-state index < -0.39 is 0 Å². The average molecular weight is 587 g/mol. The average Bonchev–Trinajstić information content (AvgIpc) is 2.44. The zero-order chi connectivity index (χ0) is 13.5. The summed E-state index contributed by atoms with van der Waals surface area (Å²) < 4.78 is 0. The Morgan fingerprint density at radius 3 is 0.905 bits per heavy atom. The van der Waals surface area contributed by atoms with Crippen LogP contribution in [0.15, 0.2) is 48.5 Å². The summed E-state index contributed by atoms with van der Waals surface area (Å²) in [5.74, 6) is 0. The fourth-order valence-electron chi connectivity index (χ4n) is 1.13. The predicted octanol–water partition coefficient (Wildman–Crippen LogP) is 6.11. The molecule has 0 aliphatic rings. The van der Waals surface area contributed by atoms with Gasteiger partial charge in [0, 0.05) is 131 Å². The topological polar surface area (TPSA) is 0 Å². The van der Waals surface area contributed by atoms with Crippen molar-refractivity contribution in [1.82, 2.24) is 0 Å². The summed E-state index contributed by atoms with van der Waals surface area (Å²) in [6.45, 7) is 13.2. The number of rotatable bonds is 0. The van der Waals surface area contributed by atoms with Crippen molar-refractivity contribution in [2.45, 2.75) is 41.0 Å². The van der Waals surface area contributed by atoms with Crippen LogP contribution in [0.2, 0.25) is 0 Å². The van der Waals surface area contributed by atoms with Gasteiger partial charge < -0.3 is 6.92 Å². The molecule has 0 atom stereocenters. The van der Waals surface area contributed by atoms with E-state index in [-0.39, 0.29) is 131 Å². The van der Waals surface area contributed by atoms with Crippen LogP contribution in [0.1, 0.15) is 41.0 Å². The molecule has 0 amide bonds. The van der Waals surface area contributed by atoms with Crippen LogP contribution >= 0.6 is 0 Å². The van der Waals surface area contributed by atoms with Gasteiger partial charge in [0.1, 0.15) is 0 Å². The molecule has 21 heavy (non-hydrogen) atoms. The molecule has 0 unspecified atom stereocenters. The Morgan fingerprint density at radius 1 is 0.619 bits per heavy atom. The fourth-order valence-corrected chi connectivity index (χ4v) is 1.13. The van der Waals surface area contributed by atoms with Crippen molar-refractivity contribution in [3.8, 4) is 0 Å². The van der Waals surface area contributed by atoms with Crippen LogP contribution in [0.25, 0.3) is 10.8 Å². The van der Waals surface area contributed by atoms with E-state index in [4.69, 9.17) is 0 Å². The van der Waals surface area contributed by atoms with Crippen molar-refractivity contribution < 1.29 is 131 Å². The molecular formula is C17H27Y4-. The molecule has 0 aliphatic heterocycles. The van der Waals surface area contributed by atoms with E-state index in [1.54, 1.807) is 6.92 Å². The summed E-state index contributed by atoms with van der Waals surface area (Å²) in [6.07, 6.45) is 1.25. The molecule has 4 radical (unpaired) electrons. The molecule has 0 spiro atoms.